The standard InChI is InChI=1S/C14H18ClN3O3/c1-14(2)6-3-7-16-12(14)13(19)17-10-8-9(15)4-5-11(10)18(20)21/h4-5,8,12,16H,3,6-7H2,1-2H3,(H,17,19). The Bertz CT molecular complexity index is 575. The van der Waals surface area contributed by atoms with Gasteiger partial charge in [0.1, 0.15) is 5.69 Å². The van der Waals surface area contributed by atoms with Crippen LogP contribution in [0.4, 0.5) is 11.4 Å². The first-order valence-corrected chi connectivity index (χ1v) is 7.17. The zero-order valence-electron chi connectivity index (χ0n) is 12.0. The van der Waals surface area contributed by atoms with E-state index < -0.39 is 4.92 Å². The molecular weight excluding hydrogens is 294 g/mol. The quantitative estimate of drug-likeness (QED) is 0.664. The van der Waals surface area contributed by atoms with Crippen LogP contribution in [0.3, 0.4) is 0 Å². The van der Waals surface area contributed by atoms with Gasteiger partial charge in [-0.1, -0.05) is 25.4 Å². The first-order chi connectivity index (χ1) is 9.81. The molecule has 1 aliphatic rings. The van der Waals surface area contributed by atoms with E-state index in [1.165, 1.54) is 18.2 Å². The van der Waals surface area contributed by atoms with Gasteiger partial charge in [-0.15, -0.1) is 0 Å². The van der Waals surface area contributed by atoms with E-state index in [1.807, 2.05) is 13.8 Å². The maximum absolute atomic E-state index is 12.4. The van der Waals surface area contributed by atoms with Crippen LogP contribution in [-0.4, -0.2) is 23.4 Å². The average molecular weight is 312 g/mol. The lowest BCUT2D eigenvalue weighted by Gasteiger charge is -2.38. The van der Waals surface area contributed by atoms with E-state index in [4.69, 9.17) is 11.6 Å². The Morgan fingerprint density at radius 1 is 1.52 bits per heavy atom. The summed E-state index contributed by atoms with van der Waals surface area (Å²) in [5, 5.41) is 17.2. The summed E-state index contributed by atoms with van der Waals surface area (Å²) < 4.78 is 0. The van der Waals surface area contributed by atoms with Gasteiger partial charge >= 0.3 is 0 Å². The highest BCUT2D eigenvalue weighted by molar-refractivity contribution is 6.31. The summed E-state index contributed by atoms with van der Waals surface area (Å²) in [4.78, 5) is 22.9. The van der Waals surface area contributed by atoms with Crippen molar-refractivity contribution in [2.75, 3.05) is 11.9 Å². The fourth-order valence-corrected chi connectivity index (χ4v) is 2.80. The Morgan fingerprint density at radius 3 is 2.86 bits per heavy atom. The maximum atomic E-state index is 12.4. The molecule has 1 saturated heterocycles. The monoisotopic (exact) mass is 311 g/mol. The number of anilines is 1. The van der Waals surface area contributed by atoms with Crippen molar-refractivity contribution in [3.8, 4) is 0 Å². The predicted octanol–water partition coefficient (Wildman–Crippen LogP) is 2.96. The first-order valence-electron chi connectivity index (χ1n) is 6.79. The molecule has 0 aliphatic carbocycles. The summed E-state index contributed by atoms with van der Waals surface area (Å²) in [5.74, 6) is -0.273. The van der Waals surface area contributed by atoms with E-state index >= 15 is 0 Å². The lowest BCUT2D eigenvalue weighted by atomic mass is 9.77. The van der Waals surface area contributed by atoms with Gasteiger partial charge in [0.15, 0.2) is 0 Å². The number of piperidine rings is 1. The molecule has 2 rings (SSSR count). The molecule has 21 heavy (non-hydrogen) atoms. The number of carbonyl (C=O) groups excluding carboxylic acids is 1. The van der Waals surface area contributed by atoms with Crippen molar-refractivity contribution in [1.82, 2.24) is 5.32 Å². The van der Waals surface area contributed by atoms with Crippen molar-refractivity contribution in [3.05, 3.63) is 33.3 Å². The highest BCUT2D eigenvalue weighted by Gasteiger charge is 2.37. The van der Waals surface area contributed by atoms with Crippen LogP contribution in [0, 0.1) is 15.5 Å². The Hall–Kier alpha value is -1.66. The van der Waals surface area contributed by atoms with Crippen LogP contribution in [0.2, 0.25) is 5.02 Å². The molecule has 1 aliphatic heterocycles. The van der Waals surface area contributed by atoms with Gasteiger partial charge in [0, 0.05) is 11.1 Å². The minimum absolute atomic E-state index is 0.126. The van der Waals surface area contributed by atoms with Crippen LogP contribution in [0.25, 0.3) is 0 Å². The number of halogens is 1. The molecule has 0 saturated carbocycles. The molecule has 2 N–H and O–H groups in total. The van der Waals surface area contributed by atoms with Gasteiger partial charge in [-0.2, -0.15) is 0 Å². The normalized spacial score (nSPS) is 20.8. The fourth-order valence-electron chi connectivity index (χ4n) is 2.63. The highest BCUT2D eigenvalue weighted by atomic mass is 35.5. The minimum Gasteiger partial charge on any atom is -0.319 e. The molecule has 7 heteroatoms. The fraction of sp³-hybridized carbons (Fsp3) is 0.500. The zero-order chi connectivity index (χ0) is 15.6. The van der Waals surface area contributed by atoms with Gasteiger partial charge in [-0.3, -0.25) is 14.9 Å². The largest absolute Gasteiger partial charge is 0.319 e. The van der Waals surface area contributed by atoms with Crippen LogP contribution in [-0.2, 0) is 4.79 Å². The molecule has 1 atom stereocenters. The van der Waals surface area contributed by atoms with Crippen molar-refractivity contribution in [2.24, 2.45) is 5.41 Å². The zero-order valence-corrected chi connectivity index (χ0v) is 12.7. The molecule has 1 amide bonds. The number of benzene rings is 1. The number of nitro benzene ring substituents is 1. The van der Waals surface area contributed by atoms with Crippen molar-refractivity contribution in [1.29, 1.82) is 0 Å². The van der Waals surface area contributed by atoms with Crippen LogP contribution >= 0.6 is 11.6 Å². The molecule has 114 valence electrons. The summed E-state index contributed by atoms with van der Waals surface area (Å²) in [5.41, 5.74) is -0.239. The van der Waals surface area contributed by atoms with Gasteiger partial charge in [0.2, 0.25) is 5.91 Å². The predicted molar refractivity (Wildman–Crippen MR) is 81.5 cm³/mol. The lowest BCUT2D eigenvalue weighted by Crippen LogP contribution is -2.53. The van der Waals surface area contributed by atoms with Crippen molar-refractivity contribution < 1.29 is 9.72 Å². The second kappa shape index (κ2) is 5.99. The number of hydrogen-bond acceptors (Lipinski definition) is 4. The summed E-state index contributed by atoms with van der Waals surface area (Å²) in [6.45, 7) is 4.78. The molecule has 0 radical (unpaired) electrons. The number of nitro groups is 1. The number of rotatable bonds is 3. The van der Waals surface area contributed by atoms with Crippen molar-refractivity contribution in [2.45, 2.75) is 32.7 Å². The Kier molecular flexibility index (Phi) is 4.49. The van der Waals surface area contributed by atoms with Crippen LogP contribution < -0.4 is 10.6 Å². The molecule has 0 spiro atoms. The SMILES string of the molecule is CC1(C)CCCNC1C(=O)Nc1cc(Cl)ccc1[N+](=O)[O-]. The molecule has 0 bridgehead atoms. The van der Waals surface area contributed by atoms with Gasteiger partial charge in [0.05, 0.1) is 11.0 Å². The Morgan fingerprint density at radius 2 is 2.24 bits per heavy atom. The lowest BCUT2D eigenvalue weighted by molar-refractivity contribution is -0.383. The molecule has 1 unspecified atom stereocenters. The number of nitrogens with one attached hydrogen (secondary N) is 2. The molecule has 1 fully saturated rings. The van der Waals surface area contributed by atoms with Crippen molar-refractivity contribution >= 4 is 28.9 Å². The van der Waals surface area contributed by atoms with E-state index in [0.717, 1.165) is 19.4 Å². The number of nitrogens with zero attached hydrogens (tertiary/aromatic N) is 1. The highest BCUT2D eigenvalue weighted by Crippen LogP contribution is 2.32. The van der Waals surface area contributed by atoms with E-state index in [1.54, 1.807) is 0 Å². The second-order valence-corrected chi connectivity index (χ2v) is 6.32. The summed E-state index contributed by atoms with van der Waals surface area (Å²) in [7, 11) is 0. The maximum Gasteiger partial charge on any atom is 0.292 e. The van der Waals surface area contributed by atoms with E-state index in [0.29, 0.717) is 5.02 Å². The van der Waals surface area contributed by atoms with E-state index in [-0.39, 0.29) is 28.7 Å². The summed E-state index contributed by atoms with van der Waals surface area (Å²) in [6, 6.07) is 3.73. The molecule has 0 aromatic heterocycles. The summed E-state index contributed by atoms with van der Waals surface area (Å²) in [6.07, 6.45) is 1.93. The number of amides is 1. The third kappa shape index (κ3) is 3.51. The average Bonchev–Trinajstić information content (AvgIpc) is 2.37. The number of carbonyl (C=O) groups is 1. The van der Waals surface area contributed by atoms with E-state index in [9.17, 15) is 14.9 Å². The van der Waals surface area contributed by atoms with Gasteiger partial charge in [-0.25, -0.2) is 0 Å². The van der Waals surface area contributed by atoms with Gasteiger partial charge < -0.3 is 10.6 Å². The van der Waals surface area contributed by atoms with Crippen LogP contribution in [0.15, 0.2) is 18.2 Å². The molecule has 6 nitrogen and oxygen atoms in total. The third-order valence-electron chi connectivity index (χ3n) is 3.80. The molecule has 1 heterocycles. The van der Waals surface area contributed by atoms with Crippen LogP contribution in [0.5, 0.6) is 0 Å². The molecule has 1 aromatic carbocycles. The minimum atomic E-state index is -0.536. The Labute approximate surface area is 128 Å². The Balaban J connectivity index is 2.23. The van der Waals surface area contributed by atoms with Gasteiger partial charge in [-0.05, 0) is 36.9 Å². The molecular formula is C14H18ClN3O3. The van der Waals surface area contributed by atoms with Crippen LogP contribution in [0.1, 0.15) is 26.7 Å². The molecule has 1 aromatic rings. The smallest absolute Gasteiger partial charge is 0.292 e. The second-order valence-electron chi connectivity index (χ2n) is 5.89. The third-order valence-corrected chi connectivity index (χ3v) is 4.04. The van der Waals surface area contributed by atoms with Crippen molar-refractivity contribution in [3.63, 3.8) is 0 Å². The van der Waals surface area contributed by atoms with E-state index in [2.05, 4.69) is 10.6 Å². The number of hydrogen-bond donors (Lipinski definition) is 2. The first kappa shape index (κ1) is 15.7. The van der Waals surface area contributed by atoms with Gasteiger partial charge in [0.25, 0.3) is 5.69 Å². The summed E-state index contributed by atoms with van der Waals surface area (Å²) >= 11 is 5.86. The topological polar surface area (TPSA) is 84.3 Å².